The maximum absolute atomic E-state index is 12.2. The Labute approximate surface area is 165 Å². The highest BCUT2D eigenvalue weighted by Crippen LogP contribution is 2.23. The van der Waals surface area contributed by atoms with E-state index in [1.54, 1.807) is 18.9 Å². The predicted octanol–water partition coefficient (Wildman–Crippen LogP) is 0.119. The number of carbonyl (C=O) groups excluding carboxylic acids is 2. The molecule has 2 N–H and O–H groups in total. The Morgan fingerprint density at radius 1 is 1.39 bits per heavy atom. The molecule has 1 saturated heterocycles. The fraction of sp³-hybridized carbons (Fsp3) is 0.737. The summed E-state index contributed by atoms with van der Waals surface area (Å²) >= 11 is 0. The normalized spacial score (nSPS) is 21.2. The van der Waals surface area contributed by atoms with Gasteiger partial charge in [-0.3, -0.25) is 9.69 Å². The molecule has 1 aromatic heterocycles. The van der Waals surface area contributed by atoms with Gasteiger partial charge in [0, 0.05) is 18.6 Å². The minimum absolute atomic E-state index is 0.0728. The quantitative estimate of drug-likeness (QED) is 0.401. The molecule has 2 rings (SSSR count). The molecule has 0 spiro atoms. The molecule has 2 heterocycles. The lowest BCUT2D eigenvalue weighted by atomic mass is 10.1. The summed E-state index contributed by atoms with van der Waals surface area (Å²) < 4.78 is 9.72. The van der Waals surface area contributed by atoms with E-state index in [2.05, 4.69) is 29.5 Å². The fourth-order valence-corrected chi connectivity index (χ4v) is 3.53. The predicted molar refractivity (Wildman–Crippen MR) is 104 cm³/mol. The Balaban J connectivity index is 1.67. The molecule has 1 fully saturated rings. The van der Waals surface area contributed by atoms with E-state index in [-0.39, 0.29) is 19.0 Å². The zero-order chi connectivity index (χ0) is 20.7. The van der Waals surface area contributed by atoms with Crippen LogP contribution in [-0.4, -0.2) is 73.8 Å². The van der Waals surface area contributed by atoms with E-state index in [9.17, 15) is 14.4 Å². The Morgan fingerprint density at radius 2 is 2.14 bits per heavy atom. The lowest BCUT2D eigenvalue weighted by molar-refractivity contribution is -0.124. The smallest absolute Gasteiger partial charge is 0.396 e. The number of aryl methyl sites for hydroxylation is 1. The van der Waals surface area contributed by atoms with Gasteiger partial charge < -0.3 is 29.2 Å². The molecule has 28 heavy (non-hydrogen) atoms. The first-order chi connectivity index (χ1) is 13.3. The van der Waals surface area contributed by atoms with E-state index in [1.165, 1.54) is 12.8 Å². The van der Waals surface area contributed by atoms with Gasteiger partial charge in [-0.2, -0.15) is 0 Å². The van der Waals surface area contributed by atoms with E-state index in [4.69, 9.17) is 8.83 Å². The molecule has 1 amide bonds. The first kappa shape index (κ1) is 22.3. The number of rotatable bonds is 11. The Morgan fingerprint density at radius 3 is 2.71 bits per heavy atom. The molecule has 9 nitrogen and oxygen atoms in total. The van der Waals surface area contributed by atoms with Crippen molar-refractivity contribution >= 4 is 12.2 Å². The van der Waals surface area contributed by atoms with Crippen LogP contribution < -0.4 is 16.5 Å². The summed E-state index contributed by atoms with van der Waals surface area (Å²) in [6.07, 6.45) is 4.20. The van der Waals surface area contributed by atoms with E-state index >= 15 is 0 Å². The zero-order valence-electron chi connectivity index (χ0n) is 17.2. The summed E-state index contributed by atoms with van der Waals surface area (Å²) in [5.74, 6) is -0.237. The first-order valence-electron chi connectivity index (χ1n) is 9.75. The molecule has 0 bridgehead atoms. The molecule has 0 aromatic carbocycles. The highest BCUT2D eigenvalue weighted by Gasteiger charge is 2.26. The second-order valence-electron chi connectivity index (χ2n) is 7.65. The molecule has 0 radical (unpaired) electrons. The minimum Gasteiger partial charge on any atom is -0.396 e. The third-order valence-corrected chi connectivity index (χ3v) is 5.38. The van der Waals surface area contributed by atoms with Crippen LogP contribution in [0.4, 0.5) is 0 Å². The molecule has 1 aromatic rings. The van der Waals surface area contributed by atoms with Crippen molar-refractivity contribution in [3.05, 3.63) is 22.1 Å². The van der Waals surface area contributed by atoms with Crippen LogP contribution in [-0.2, 0) is 16.1 Å². The van der Waals surface area contributed by atoms with E-state index in [0.717, 1.165) is 19.3 Å². The van der Waals surface area contributed by atoms with Crippen molar-refractivity contribution in [1.82, 2.24) is 20.4 Å². The molecule has 9 heteroatoms. The maximum Gasteiger partial charge on any atom is 0.519 e. The number of amides is 1. The summed E-state index contributed by atoms with van der Waals surface area (Å²) in [7, 11) is 3.88. The lowest BCUT2D eigenvalue weighted by Gasteiger charge is -2.23. The standard InChI is InChI=1S/C19H32N4O5/c1-13-5-6-16(23(13)4)7-8-20-9-15(12-24)21-18(25)11-22(3)10-17-14(2)27-19(26)28-17/h12-13,15-16,20H,5-11H2,1-4H3,(H,21,25). The van der Waals surface area contributed by atoms with Gasteiger partial charge in [-0.25, -0.2) is 4.79 Å². The molecule has 1 aliphatic heterocycles. The van der Waals surface area contributed by atoms with E-state index in [1.807, 2.05) is 0 Å². The topological polar surface area (TPSA) is 108 Å². The molecular formula is C19H32N4O5. The molecule has 0 aliphatic carbocycles. The van der Waals surface area contributed by atoms with Crippen LogP contribution in [0.1, 0.15) is 37.7 Å². The number of hydrogen-bond acceptors (Lipinski definition) is 8. The van der Waals surface area contributed by atoms with Gasteiger partial charge in [0.05, 0.1) is 19.1 Å². The number of aldehydes is 1. The monoisotopic (exact) mass is 396 g/mol. The van der Waals surface area contributed by atoms with Crippen molar-refractivity contribution in [3.8, 4) is 0 Å². The fourth-order valence-electron chi connectivity index (χ4n) is 3.53. The Bertz CT molecular complexity index is 701. The number of nitrogens with one attached hydrogen (secondary N) is 2. The van der Waals surface area contributed by atoms with Gasteiger partial charge in [0.2, 0.25) is 5.91 Å². The van der Waals surface area contributed by atoms with Crippen molar-refractivity contribution < 1.29 is 18.4 Å². The number of carbonyl (C=O) groups is 2. The van der Waals surface area contributed by atoms with Crippen LogP contribution in [0.3, 0.4) is 0 Å². The number of nitrogens with zero attached hydrogens (tertiary/aromatic N) is 2. The van der Waals surface area contributed by atoms with Gasteiger partial charge in [0.15, 0.2) is 5.76 Å². The van der Waals surface area contributed by atoms with Crippen molar-refractivity contribution in [2.45, 2.75) is 57.8 Å². The summed E-state index contributed by atoms with van der Waals surface area (Å²) in [6.45, 7) is 5.42. The van der Waals surface area contributed by atoms with Crippen molar-refractivity contribution in [1.29, 1.82) is 0 Å². The zero-order valence-corrected chi connectivity index (χ0v) is 17.2. The highest BCUT2D eigenvalue weighted by molar-refractivity contribution is 5.81. The average Bonchev–Trinajstić information content (AvgIpc) is 3.12. The van der Waals surface area contributed by atoms with Crippen LogP contribution >= 0.6 is 0 Å². The lowest BCUT2D eigenvalue weighted by Crippen LogP contribution is -2.46. The first-order valence-corrected chi connectivity index (χ1v) is 9.75. The van der Waals surface area contributed by atoms with Gasteiger partial charge in [0.1, 0.15) is 12.0 Å². The summed E-state index contributed by atoms with van der Waals surface area (Å²) in [4.78, 5) is 38.6. The number of likely N-dealkylation sites (tertiary alicyclic amines) is 1. The van der Waals surface area contributed by atoms with E-state index in [0.29, 0.717) is 30.1 Å². The maximum atomic E-state index is 12.2. The van der Waals surface area contributed by atoms with Crippen LogP contribution in [0.5, 0.6) is 0 Å². The molecule has 3 atom stereocenters. The molecule has 158 valence electrons. The third-order valence-electron chi connectivity index (χ3n) is 5.38. The summed E-state index contributed by atoms with van der Waals surface area (Å²) in [5, 5.41) is 5.97. The Hall–Kier alpha value is -1.97. The number of likely N-dealkylation sites (N-methyl/N-ethyl adjacent to an activating group) is 1. The van der Waals surface area contributed by atoms with Crippen molar-refractivity contribution in [2.24, 2.45) is 0 Å². The van der Waals surface area contributed by atoms with E-state index < -0.39 is 11.9 Å². The van der Waals surface area contributed by atoms with Gasteiger partial charge in [-0.1, -0.05) is 0 Å². The molecular weight excluding hydrogens is 364 g/mol. The molecule has 1 aliphatic rings. The highest BCUT2D eigenvalue weighted by atomic mass is 16.6. The van der Waals surface area contributed by atoms with Crippen LogP contribution in [0.15, 0.2) is 13.6 Å². The van der Waals surface area contributed by atoms with Gasteiger partial charge in [-0.05, 0) is 53.8 Å². The average molecular weight is 396 g/mol. The van der Waals surface area contributed by atoms with Crippen molar-refractivity contribution in [3.63, 3.8) is 0 Å². The SMILES string of the molecule is Cc1oc(=O)oc1CN(C)CC(=O)NC(C=O)CNCCC1CCC(C)N1C. The number of hydrogen-bond donors (Lipinski definition) is 2. The summed E-state index contributed by atoms with van der Waals surface area (Å²) in [5.41, 5.74) is 0. The second-order valence-corrected chi connectivity index (χ2v) is 7.65. The van der Waals surface area contributed by atoms with Gasteiger partial charge >= 0.3 is 5.82 Å². The Kier molecular flexibility index (Phi) is 8.40. The molecule has 0 saturated carbocycles. The van der Waals surface area contributed by atoms with Crippen LogP contribution in [0.25, 0.3) is 0 Å². The summed E-state index contributed by atoms with van der Waals surface area (Å²) in [6, 6.07) is 0.629. The van der Waals surface area contributed by atoms with Gasteiger partial charge in [0.25, 0.3) is 0 Å². The van der Waals surface area contributed by atoms with Crippen molar-refractivity contribution in [2.75, 3.05) is 33.7 Å². The largest absolute Gasteiger partial charge is 0.519 e. The van der Waals surface area contributed by atoms with Crippen LogP contribution in [0, 0.1) is 6.92 Å². The second kappa shape index (κ2) is 10.5. The third kappa shape index (κ3) is 6.57. The minimum atomic E-state index is -0.754. The molecule has 3 unspecified atom stereocenters. The van der Waals surface area contributed by atoms with Crippen LogP contribution in [0.2, 0.25) is 0 Å². The van der Waals surface area contributed by atoms with Gasteiger partial charge in [-0.15, -0.1) is 0 Å².